The molecule has 0 spiro atoms. The molecule has 0 aromatic heterocycles. The molecule has 3 rings (SSSR count). The molecule has 3 nitrogen and oxygen atoms in total. The van der Waals surface area contributed by atoms with E-state index in [9.17, 15) is 4.79 Å². The van der Waals surface area contributed by atoms with Gasteiger partial charge in [-0.2, -0.15) is 0 Å². The summed E-state index contributed by atoms with van der Waals surface area (Å²) in [6.45, 7) is 0. The van der Waals surface area contributed by atoms with Crippen LogP contribution in [0.15, 0.2) is 24.3 Å². The van der Waals surface area contributed by atoms with Crippen LogP contribution in [-0.2, 0) is 17.6 Å². The van der Waals surface area contributed by atoms with Crippen molar-refractivity contribution in [2.24, 2.45) is 11.7 Å². The van der Waals surface area contributed by atoms with Crippen molar-refractivity contribution in [3.63, 3.8) is 0 Å². The van der Waals surface area contributed by atoms with E-state index in [4.69, 9.17) is 5.73 Å². The number of rotatable bonds is 3. The van der Waals surface area contributed by atoms with Gasteiger partial charge in [0.25, 0.3) is 0 Å². The first-order valence-corrected chi connectivity index (χ1v) is 7.34. The highest BCUT2D eigenvalue weighted by molar-refractivity contribution is 5.76. The van der Waals surface area contributed by atoms with Gasteiger partial charge in [0.2, 0.25) is 5.91 Å². The van der Waals surface area contributed by atoms with E-state index in [1.165, 1.54) is 11.1 Å². The maximum absolute atomic E-state index is 11.2. The minimum atomic E-state index is -0.119. The lowest BCUT2D eigenvalue weighted by Crippen LogP contribution is -2.42. The molecule has 19 heavy (non-hydrogen) atoms. The molecule has 1 aromatic carbocycles. The number of fused-ring (bicyclic) bond motifs is 1. The summed E-state index contributed by atoms with van der Waals surface area (Å²) in [5.41, 5.74) is 8.36. The third-order valence-corrected chi connectivity index (χ3v) is 4.65. The van der Waals surface area contributed by atoms with Crippen molar-refractivity contribution in [1.82, 2.24) is 5.32 Å². The minimum Gasteiger partial charge on any atom is -0.369 e. The molecule has 2 aliphatic carbocycles. The summed E-state index contributed by atoms with van der Waals surface area (Å²) in [5, 5.41) is 3.77. The molecule has 3 N–H and O–H groups in total. The van der Waals surface area contributed by atoms with Crippen molar-refractivity contribution in [2.45, 2.75) is 50.6 Å². The van der Waals surface area contributed by atoms with Gasteiger partial charge in [-0.15, -0.1) is 0 Å². The van der Waals surface area contributed by atoms with Crippen molar-refractivity contribution in [1.29, 1.82) is 0 Å². The fourth-order valence-corrected chi connectivity index (χ4v) is 3.55. The van der Waals surface area contributed by atoms with Crippen molar-refractivity contribution >= 4 is 5.91 Å². The van der Waals surface area contributed by atoms with Gasteiger partial charge in [-0.25, -0.2) is 0 Å². The second kappa shape index (κ2) is 5.33. The highest BCUT2D eigenvalue weighted by Crippen LogP contribution is 2.27. The lowest BCUT2D eigenvalue weighted by atomic mass is 9.85. The Morgan fingerprint density at radius 2 is 1.58 bits per heavy atom. The predicted octanol–water partition coefficient (Wildman–Crippen LogP) is 1.79. The van der Waals surface area contributed by atoms with Crippen molar-refractivity contribution in [2.75, 3.05) is 0 Å². The number of nitrogens with two attached hydrogens (primary N) is 1. The van der Waals surface area contributed by atoms with Crippen LogP contribution in [0.25, 0.3) is 0 Å². The third-order valence-electron chi connectivity index (χ3n) is 4.65. The summed E-state index contributed by atoms with van der Waals surface area (Å²) >= 11 is 0. The van der Waals surface area contributed by atoms with Crippen LogP contribution in [0.5, 0.6) is 0 Å². The average Bonchev–Trinajstić information content (AvgIpc) is 2.81. The van der Waals surface area contributed by atoms with E-state index < -0.39 is 0 Å². The highest BCUT2D eigenvalue weighted by atomic mass is 16.1. The lowest BCUT2D eigenvalue weighted by Gasteiger charge is -2.29. The second-order valence-electron chi connectivity index (χ2n) is 5.99. The van der Waals surface area contributed by atoms with Gasteiger partial charge in [-0.3, -0.25) is 4.79 Å². The van der Waals surface area contributed by atoms with Crippen LogP contribution in [-0.4, -0.2) is 18.0 Å². The Bertz CT molecular complexity index is 439. The van der Waals surface area contributed by atoms with Gasteiger partial charge in [0.05, 0.1) is 0 Å². The Kier molecular flexibility index (Phi) is 3.56. The summed E-state index contributed by atoms with van der Waals surface area (Å²) in [6.07, 6.45) is 6.36. The highest BCUT2D eigenvalue weighted by Gasteiger charge is 2.28. The Balaban J connectivity index is 1.51. The number of carbonyl (C=O) groups excluding carboxylic acids is 1. The number of hydrogen-bond acceptors (Lipinski definition) is 2. The maximum atomic E-state index is 11.2. The van der Waals surface area contributed by atoms with Gasteiger partial charge < -0.3 is 11.1 Å². The van der Waals surface area contributed by atoms with Crippen molar-refractivity contribution in [3.8, 4) is 0 Å². The molecule has 2 aliphatic rings. The quantitative estimate of drug-likeness (QED) is 0.868. The molecule has 0 saturated heterocycles. The number of carbonyl (C=O) groups is 1. The minimum absolute atomic E-state index is 0.110. The predicted molar refractivity (Wildman–Crippen MR) is 75.7 cm³/mol. The Morgan fingerprint density at radius 1 is 1.00 bits per heavy atom. The van der Waals surface area contributed by atoms with Gasteiger partial charge in [0.1, 0.15) is 0 Å². The Hall–Kier alpha value is -1.35. The smallest absolute Gasteiger partial charge is 0.220 e. The van der Waals surface area contributed by atoms with Crippen LogP contribution >= 0.6 is 0 Å². The topological polar surface area (TPSA) is 55.1 Å². The molecular weight excluding hydrogens is 236 g/mol. The summed E-state index contributed by atoms with van der Waals surface area (Å²) in [4.78, 5) is 11.2. The maximum Gasteiger partial charge on any atom is 0.220 e. The number of nitrogens with one attached hydrogen (secondary N) is 1. The first-order chi connectivity index (χ1) is 9.22. The molecule has 0 heterocycles. The molecule has 102 valence electrons. The van der Waals surface area contributed by atoms with Crippen LogP contribution < -0.4 is 11.1 Å². The Morgan fingerprint density at radius 3 is 2.11 bits per heavy atom. The van der Waals surface area contributed by atoms with Gasteiger partial charge in [-0.05, 0) is 49.7 Å². The van der Waals surface area contributed by atoms with Gasteiger partial charge in [0.15, 0.2) is 0 Å². The first-order valence-electron chi connectivity index (χ1n) is 7.34. The third kappa shape index (κ3) is 2.81. The Labute approximate surface area is 114 Å². The number of benzene rings is 1. The molecule has 3 heteroatoms. The molecule has 0 atom stereocenters. The number of hydrogen-bond donors (Lipinski definition) is 2. The fourth-order valence-electron chi connectivity index (χ4n) is 3.55. The first kappa shape index (κ1) is 12.7. The standard InChI is InChI=1S/C16H22N2O/c17-16(19)11-5-7-14(8-6-11)18-15-9-12-3-1-2-4-13(12)10-15/h1-4,11,14-15,18H,5-10H2,(H2,17,19). The van der Waals surface area contributed by atoms with Crippen LogP contribution in [0, 0.1) is 5.92 Å². The van der Waals surface area contributed by atoms with Gasteiger partial charge in [-0.1, -0.05) is 24.3 Å². The fraction of sp³-hybridized carbons (Fsp3) is 0.562. The number of primary amides is 1. The van der Waals surface area contributed by atoms with Gasteiger partial charge in [0, 0.05) is 18.0 Å². The molecule has 0 radical (unpaired) electrons. The van der Waals surface area contributed by atoms with E-state index in [-0.39, 0.29) is 11.8 Å². The molecule has 1 aromatic rings. The number of amides is 1. The largest absolute Gasteiger partial charge is 0.369 e. The molecular formula is C16H22N2O. The molecule has 1 amide bonds. The summed E-state index contributed by atoms with van der Waals surface area (Å²) in [5.74, 6) is -0.00875. The van der Waals surface area contributed by atoms with E-state index in [0.29, 0.717) is 12.1 Å². The van der Waals surface area contributed by atoms with Crippen molar-refractivity contribution in [3.05, 3.63) is 35.4 Å². The van der Waals surface area contributed by atoms with E-state index >= 15 is 0 Å². The molecule has 1 saturated carbocycles. The van der Waals surface area contributed by atoms with E-state index in [1.54, 1.807) is 0 Å². The van der Waals surface area contributed by atoms with Crippen LogP contribution in [0.4, 0.5) is 0 Å². The lowest BCUT2D eigenvalue weighted by molar-refractivity contribution is -0.122. The molecule has 0 aliphatic heterocycles. The van der Waals surface area contributed by atoms with E-state index in [0.717, 1.165) is 38.5 Å². The van der Waals surface area contributed by atoms with Crippen LogP contribution in [0.2, 0.25) is 0 Å². The summed E-state index contributed by atoms with van der Waals surface area (Å²) in [6, 6.07) is 9.86. The van der Waals surface area contributed by atoms with Crippen LogP contribution in [0.3, 0.4) is 0 Å². The van der Waals surface area contributed by atoms with E-state index in [2.05, 4.69) is 29.6 Å². The zero-order chi connectivity index (χ0) is 13.2. The second-order valence-corrected chi connectivity index (χ2v) is 5.99. The normalized spacial score (nSPS) is 27.2. The van der Waals surface area contributed by atoms with Crippen LogP contribution in [0.1, 0.15) is 36.8 Å². The van der Waals surface area contributed by atoms with E-state index in [1.807, 2.05) is 0 Å². The zero-order valence-electron chi connectivity index (χ0n) is 11.3. The van der Waals surface area contributed by atoms with Gasteiger partial charge >= 0.3 is 0 Å². The summed E-state index contributed by atoms with van der Waals surface area (Å²) in [7, 11) is 0. The van der Waals surface area contributed by atoms with Crippen molar-refractivity contribution < 1.29 is 4.79 Å². The molecule has 1 fully saturated rings. The summed E-state index contributed by atoms with van der Waals surface area (Å²) < 4.78 is 0. The molecule has 0 bridgehead atoms. The average molecular weight is 258 g/mol. The SMILES string of the molecule is NC(=O)C1CCC(NC2Cc3ccccc3C2)CC1. The molecule has 0 unspecified atom stereocenters. The monoisotopic (exact) mass is 258 g/mol. The zero-order valence-corrected chi connectivity index (χ0v) is 11.3.